The molecule has 5 nitrogen and oxygen atoms in total. The molecular formula is C26H32N4OS. The Morgan fingerprint density at radius 3 is 2.47 bits per heavy atom. The Hall–Kier alpha value is -2.04. The molecule has 2 aromatic carbocycles. The Morgan fingerprint density at radius 2 is 1.66 bits per heavy atom. The van der Waals surface area contributed by atoms with Crippen molar-refractivity contribution < 1.29 is 4.74 Å². The first kappa shape index (κ1) is 21.8. The summed E-state index contributed by atoms with van der Waals surface area (Å²) in [4.78, 5) is 10.2. The number of piperidine rings is 1. The van der Waals surface area contributed by atoms with Gasteiger partial charge in [-0.15, -0.1) is 0 Å². The van der Waals surface area contributed by atoms with Crippen LogP contribution < -0.4 is 4.90 Å². The molecule has 0 radical (unpaired) electrons. The van der Waals surface area contributed by atoms with Crippen molar-refractivity contribution >= 4 is 23.1 Å². The van der Waals surface area contributed by atoms with Gasteiger partial charge in [0, 0.05) is 35.5 Å². The van der Waals surface area contributed by atoms with Crippen molar-refractivity contribution in [2.24, 2.45) is 0 Å². The van der Waals surface area contributed by atoms with Gasteiger partial charge in [0.2, 0.25) is 0 Å². The van der Waals surface area contributed by atoms with Crippen LogP contribution in [-0.2, 0) is 4.74 Å². The summed E-state index contributed by atoms with van der Waals surface area (Å²) in [6, 6.07) is 17.8. The van der Waals surface area contributed by atoms with Gasteiger partial charge in [0.1, 0.15) is 0 Å². The fourth-order valence-corrected chi connectivity index (χ4v) is 6.34. The molecule has 0 atom stereocenters. The Bertz CT molecular complexity index is 961. The molecule has 0 saturated carbocycles. The van der Waals surface area contributed by atoms with Gasteiger partial charge in [-0.1, -0.05) is 23.9 Å². The van der Waals surface area contributed by atoms with Crippen molar-refractivity contribution in [1.82, 2.24) is 9.80 Å². The summed E-state index contributed by atoms with van der Waals surface area (Å²) < 4.78 is 5.51. The van der Waals surface area contributed by atoms with Gasteiger partial charge in [-0.05, 0) is 75.6 Å². The number of para-hydroxylation sites is 1. The molecule has 0 N–H and O–H groups in total. The summed E-state index contributed by atoms with van der Waals surface area (Å²) in [6.45, 7) is 8.69. The average molecular weight is 449 g/mol. The molecule has 0 bridgehead atoms. The zero-order valence-electron chi connectivity index (χ0n) is 18.7. The van der Waals surface area contributed by atoms with Crippen LogP contribution in [0.25, 0.3) is 0 Å². The zero-order valence-corrected chi connectivity index (χ0v) is 19.5. The van der Waals surface area contributed by atoms with Crippen LogP contribution in [0.1, 0.15) is 31.2 Å². The topological polar surface area (TPSA) is 42.7 Å². The fourth-order valence-electron chi connectivity index (χ4n) is 5.20. The van der Waals surface area contributed by atoms with Gasteiger partial charge in [-0.25, -0.2) is 0 Å². The predicted molar refractivity (Wildman–Crippen MR) is 130 cm³/mol. The van der Waals surface area contributed by atoms with Crippen LogP contribution in [0.2, 0.25) is 0 Å². The molecule has 0 spiro atoms. The molecular weight excluding hydrogens is 416 g/mol. The number of nitrogens with zero attached hydrogens (tertiary/aromatic N) is 4. The van der Waals surface area contributed by atoms with E-state index in [-0.39, 0.29) is 0 Å². The third kappa shape index (κ3) is 4.82. The van der Waals surface area contributed by atoms with Crippen molar-refractivity contribution in [1.29, 1.82) is 5.26 Å². The summed E-state index contributed by atoms with van der Waals surface area (Å²) in [5.74, 6) is 0. The second kappa shape index (κ2) is 10.3. The molecule has 3 heterocycles. The first-order valence-corrected chi connectivity index (χ1v) is 12.8. The number of anilines is 2. The van der Waals surface area contributed by atoms with E-state index in [1.165, 1.54) is 66.5 Å². The number of benzene rings is 2. The van der Waals surface area contributed by atoms with E-state index in [4.69, 9.17) is 4.74 Å². The minimum absolute atomic E-state index is 0.732. The lowest BCUT2D eigenvalue weighted by Crippen LogP contribution is -2.49. The molecule has 3 aliphatic rings. The molecule has 0 amide bonds. The molecule has 2 aromatic rings. The normalized spacial score (nSPS) is 19.9. The second-order valence-electron chi connectivity index (χ2n) is 8.94. The highest BCUT2D eigenvalue weighted by atomic mass is 32.2. The van der Waals surface area contributed by atoms with Crippen LogP contribution in [0, 0.1) is 11.3 Å². The number of hydrogen-bond acceptors (Lipinski definition) is 6. The molecule has 3 aliphatic heterocycles. The first-order valence-electron chi connectivity index (χ1n) is 11.9. The van der Waals surface area contributed by atoms with Crippen LogP contribution in [0.3, 0.4) is 0 Å². The maximum absolute atomic E-state index is 9.30. The monoisotopic (exact) mass is 448 g/mol. The lowest BCUT2D eigenvalue weighted by Gasteiger charge is -2.40. The number of morpholine rings is 1. The fraction of sp³-hybridized carbons (Fsp3) is 0.500. The third-order valence-electron chi connectivity index (χ3n) is 6.98. The lowest BCUT2D eigenvalue weighted by atomic mass is 10.0. The number of fused-ring (bicyclic) bond motifs is 2. The minimum atomic E-state index is 0.732. The van der Waals surface area contributed by atoms with Crippen LogP contribution in [0.5, 0.6) is 0 Å². The van der Waals surface area contributed by atoms with Crippen LogP contribution in [-0.4, -0.2) is 68.3 Å². The van der Waals surface area contributed by atoms with Crippen LogP contribution in [0.4, 0.5) is 11.4 Å². The highest BCUT2D eigenvalue weighted by molar-refractivity contribution is 7.99. The largest absolute Gasteiger partial charge is 0.379 e. The van der Waals surface area contributed by atoms with E-state index in [2.05, 4.69) is 51.1 Å². The van der Waals surface area contributed by atoms with Gasteiger partial charge in [0.15, 0.2) is 0 Å². The highest BCUT2D eigenvalue weighted by Gasteiger charge is 2.26. The van der Waals surface area contributed by atoms with Crippen LogP contribution in [0.15, 0.2) is 52.3 Å². The van der Waals surface area contributed by atoms with Crippen molar-refractivity contribution in [2.45, 2.75) is 41.5 Å². The molecule has 168 valence electrons. The van der Waals surface area contributed by atoms with Gasteiger partial charge < -0.3 is 14.5 Å². The first-order chi connectivity index (χ1) is 15.8. The van der Waals surface area contributed by atoms with E-state index in [0.717, 1.165) is 44.5 Å². The average Bonchev–Trinajstić information content (AvgIpc) is 2.86. The van der Waals surface area contributed by atoms with Gasteiger partial charge in [-0.3, -0.25) is 4.90 Å². The predicted octanol–water partition coefficient (Wildman–Crippen LogP) is 4.74. The number of likely N-dealkylation sites (tertiary alicyclic amines) is 1. The SMILES string of the molecule is N#Cc1ccc2c(c1)Sc1ccccc1N2CCCCN1CCC(N2CCOCC2)CC1. The standard InChI is InChI=1S/C26H32N4OS/c27-20-21-7-8-24-26(19-21)32-25-6-2-1-5-23(25)30(24)12-4-3-11-28-13-9-22(10-14-28)29-15-17-31-18-16-29/h1-2,5-8,19,22H,3-4,9-18H2. The molecule has 0 aromatic heterocycles. The third-order valence-corrected chi connectivity index (χ3v) is 8.09. The summed E-state index contributed by atoms with van der Waals surface area (Å²) in [5, 5.41) is 9.30. The number of ether oxygens (including phenoxy) is 1. The second-order valence-corrected chi connectivity index (χ2v) is 10.0. The number of nitriles is 1. The van der Waals surface area contributed by atoms with Gasteiger partial charge in [-0.2, -0.15) is 5.26 Å². The quantitative estimate of drug-likeness (QED) is 0.595. The molecule has 0 unspecified atom stereocenters. The van der Waals surface area contributed by atoms with E-state index >= 15 is 0 Å². The molecule has 0 aliphatic carbocycles. The van der Waals surface area contributed by atoms with E-state index in [0.29, 0.717) is 0 Å². The maximum Gasteiger partial charge on any atom is 0.0992 e. The van der Waals surface area contributed by atoms with E-state index < -0.39 is 0 Å². The van der Waals surface area contributed by atoms with Gasteiger partial charge in [0.05, 0.1) is 36.2 Å². The Balaban J connectivity index is 1.14. The van der Waals surface area contributed by atoms with Crippen molar-refractivity contribution in [3.63, 3.8) is 0 Å². The van der Waals surface area contributed by atoms with Crippen LogP contribution >= 0.6 is 11.8 Å². The smallest absolute Gasteiger partial charge is 0.0992 e. The van der Waals surface area contributed by atoms with Gasteiger partial charge >= 0.3 is 0 Å². The van der Waals surface area contributed by atoms with Crippen molar-refractivity contribution in [3.8, 4) is 6.07 Å². The Labute approximate surface area is 195 Å². The molecule has 2 fully saturated rings. The number of unbranched alkanes of at least 4 members (excludes halogenated alkanes) is 1. The van der Waals surface area contributed by atoms with E-state index in [9.17, 15) is 5.26 Å². The minimum Gasteiger partial charge on any atom is -0.379 e. The highest BCUT2D eigenvalue weighted by Crippen LogP contribution is 2.48. The Morgan fingerprint density at radius 1 is 0.906 bits per heavy atom. The van der Waals surface area contributed by atoms with Crippen molar-refractivity contribution in [2.75, 3.05) is 57.4 Å². The molecule has 6 heteroatoms. The summed E-state index contributed by atoms with van der Waals surface area (Å²) in [5.41, 5.74) is 3.26. The maximum atomic E-state index is 9.30. The lowest BCUT2D eigenvalue weighted by molar-refractivity contribution is 0.000827. The zero-order chi connectivity index (χ0) is 21.8. The summed E-state index contributed by atoms with van der Waals surface area (Å²) in [7, 11) is 0. The molecule has 5 rings (SSSR count). The van der Waals surface area contributed by atoms with E-state index in [1.807, 2.05) is 12.1 Å². The van der Waals surface area contributed by atoms with Gasteiger partial charge in [0.25, 0.3) is 0 Å². The number of hydrogen-bond donors (Lipinski definition) is 0. The van der Waals surface area contributed by atoms with E-state index in [1.54, 1.807) is 11.8 Å². The number of rotatable bonds is 6. The summed E-state index contributed by atoms with van der Waals surface area (Å²) in [6.07, 6.45) is 4.98. The Kier molecular flexibility index (Phi) is 6.99. The summed E-state index contributed by atoms with van der Waals surface area (Å²) >= 11 is 1.78. The molecule has 32 heavy (non-hydrogen) atoms. The van der Waals surface area contributed by atoms with Crippen molar-refractivity contribution in [3.05, 3.63) is 48.0 Å². The molecule has 2 saturated heterocycles.